The number of hydrogen-bond donors (Lipinski definition) is 0. The van der Waals surface area contributed by atoms with Crippen LogP contribution in [0.4, 0.5) is 0 Å². The highest BCUT2D eigenvalue weighted by atomic mass is 16.5. The van der Waals surface area contributed by atoms with Gasteiger partial charge in [-0.2, -0.15) is 0 Å². The summed E-state index contributed by atoms with van der Waals surface area (Å²) in [5.41, 5.74) is 2.64. The molecule has 84 valence electrons. The van der Waals surface area contributed by atoms with Crippen molar-refractivity contribution in [1.82, 2.24) is 0 Å². The third-order valence-electron chi connectivity index (χ3n) is 2.55. The first-order chi connectivity index (χ1) is 7.00. The molecule has 1 atom stereocenters. The number of ether oxygens (including phenoxy) is 1. The van der Waals surface area contributed by atoms with Crippen LogP contribution in [0.5, 0.6) is 0 Å². The van der Waals surface area contributed by atoms with E-state index in [4.69, 9.17) is 4.74 Å². The summed E-state index contributed by atoms with van der Waals surface area (Å²) in [6.07, 6.45) is 0.469. The molecule has 0 saturated heterocycles. The van der Waals surface area contributed by atoms with Crippen LogP contribution in [0.15, 0.2) is 24.3 Å². The molecule has 0 aliphatic carbocycles. The summed E-state index contributed by atoms with van der Waals surface area (Å²) in [7, 11) is 0. The number of hydrogen-bond acceptors (Lipinski definition) is 1. The summed E-state index contributed by atoms with van der Waals surface area (Å²) < 4.78 is 5.74. The molecule has 0 heterocycles. The summed E-state index contributed by atoms with van der Waals surface area (Å²) in [4.78, 5) is 0. The van der Waals surface area contributed by atoms with Gasteiger partial charge in [0.1, 0.15) is 0 Å². The summed E-state index contributed by atoms with van der Waals surface area (Å²) >= 11 is 0. The average Bonchev–Trinajstić information content (AvgIpc) is 2.17. The molecule has 0 spiro atoms. The fourth-order valence-corrected chi connectivity index (χ4v) is 1.64. The lowest BCUT2D eigenvalue weighted by Gasteiger charge is -2.17. The Balaban J connectivity index is 2.71. The van der Waals surface area contributed by atoms with Gasteiger partial charge in [0.25, 0.3) is 0 Å². The van der Waals surface area contributed by atoms with Crippen molar-refractivity contribution in [1.29, 1.82) is 0 Å². The molecule has 0 aromatic heterocycles. The standard InChI is InChI=1S/C14H22O/c1-10(2)13-6-8-14(9-7-13)12(5)15-11(3)4/h6-12H,1-5H3/t12-/m0/s1. The van der Waals surface area contributed by atoms with Gasteiger partial charge in [-0.05, 0) is 37.8 Å². The van der Waals surface area contributed by atoms with E-state index in [9.17, 15) is 0 Å². The zero-order valence-corrected chi connectivity index (χ0v) is 10.4. The first-order valence-electron chi connectivity index (χ1n) is 5.76. The minimum Gasteiger partial charge on any atom is -0.371 e. The Bertz CT molecular complexity index is 285. The lowest BCUT2D eigenvalue weighted by molar-refractivity contribution is 0.0178. The summed E-state index contributed by atoms with van der Waals surface area (Å²) in [6, 6.07) is 8.73. The van der Waals surface area contributed by atoms with Crippen LogP contribution in [0.2, 0.25) is 0 Å². The molecule has 1 aromatic rings. The Morgan fingerprint density at radius 2 is 1.27 bits per heavy atom. The minimum absolute atomic E-state index is 0.186. The maximum absolute atomic E-state index is 5.74. The molecule has 1 heteroatoms. The third-order valence-corrected chi connectivity index (χ3v) is 2.55. The van der Waals surface area contributed by atoms with Crippen molar-refractivity contribution < 1.29 is 4.74 Å². The molecule has 0 unspecified atom stereocenters. The largest absolute Gasteiger partial charge is 0.371 e. The Morgan fingerprint density at radius 1 is 0.800 bits per heavy atom. The van der Waals surface area contributed by atoms with Crippen molar-refractivity contribution in [3.8, 4) is 0 Å². The topological polar surface area (TPSA) is 9.23 Å². The number of benzene rings is 1. The monoisotopic (exact) mass is 206 g/mol. The van der Waals surface area contributed by atoms with Gasteiger partial charge >= 0.3 is 0 Å². The Morgan fingerprint density at radius 3 is 1.67 bits per heavy atom. The Kier molecular flexibility index (Phi) is 4.34. The van der Waals surface area contributed by atoms with Crippen LogP contribution in [0.25, 0.3) is 0 Å². The molecule has 15 heavy (non-hydrogen) atoms. The fourth-order valence-electron chi connectivity index (χ4n) is 1.64. The second kappa shape index (κ2) is 5.32. The van der Waals surface area contributed by atoms with Crippen molar-refractivity contribution in [2.45, 2.75) is 52.7 Å². The van der Waals surface area contributed by atoms with Gasteiger partial charge in [0.15, 0.2) is 0 Å². The van der Waals surface area contributed by atoms with Crippen molar-refractivity contribution in [3.05, 3.63) is 35.4 Å². The molecule has 1 rings (SSSR count). The molecule has 1 aromatic carbocycles. The maximum atomic E-state index is 5.74. The van der Waals surface area contributed by atoms with E-state index in [-0.39, 0.29) is 12.2 Å². The molecule has 0 aliphatic heterocycles. The van der Waals surface area contributed by atoms with E-state index in [0.717, 1.165) is 0 Å². The molecule has 0 aliphatic rings. The minimum atomic E-state index is 0.186. The van der Waals surface area contributed by atoms with Crippen LogP contribution < -0.4 is 0 Å². The zero-order valence-electron chi connectivity index (χ0n) is 10.4. The van der Waals surface area contributed by atoms with E-state index in [0.29, 0.717) is 5.92 Å². The molecular weight excluding hydrogens is 184 g/mol. The van der Waals surface area contributed by atoms with E-state index >= 15 is 0 Å². The van der Waals surface area contributed by atoms with Crippen LogP contribution in [-0.4, -0.2) is 6.10 Å². The third kappa shape index (κ3) is 3.67. The molecule has 0 amide bonds. The van der Waals surface area contributed by atoms with Crippen molar-refractivity contribution >= 4 is 0 Å². The van der Waals surface area contributed by atoms with E-state index in [2.05, 4.69) is 58.9 Å². The molecule has 0 fully saturated rings. The summed E-state index contributed by atoms with van der Waals surface area (Å²) in [5, 5.41) is 0. The quantitative estimate of drug-likeness (QED) is 0.714. The van der Waals surface area contributed by atoms with Gasteiger partial charge in [0.05, 0.1) is 12.2 Å². The van der Waals surface area contributed by atoms with Crippen molar-refractivity contribution in [2.75, 3.05) is 0 Å². The highest BCUT2D eigenvalue weighted by molar-refractivity contribution is 5.25. The van der Waals surface area contributed by atoms with Crippen LogP contribution in [-0.2, 0) is 4.74 Å². The van der Waals surface area contributed by atoms with Gasteiger partial charge in [0, 0.05) is 0 Å². The maximum Gasteiger partial charge on any atom is 0.0800 e. The molecule has 1 nitrogen and oxygen atoms in total. The smallest absolute Gasteiger partial charge is 0.0800 e. The van der Waals surface area contributed by atoms with E-state index in [1.165, 1.54) is 11.1 Å². The fraction of sp³-hybridized carbons (Fsp3) is 0.571. The first-order valence-corrected chi connectivity index (χ1v) is 5.76. The van der Waals surface area contributed by atoms with Gasteiger partial charge in [-0.25, -0.2) is 0 Å². The lowest BCUT2D eigenvalue weighted by Crippen LogP contribution is -2.07. The zero-order chi connectivity index (χ0) is 11.4. The lowest BCUT2D eigenvalue weighted by atomic mass is 10.0. The van der Waals surface area contributed by atoms with Gasteiger partial charge in [-0.3, -0.25) is 0 Å². The van der Waals surface area contributed by atoms with Gasteiger partial charge in [-0.15, -0.1) is 0 Å². The van der Waals surface area contributed by atoms with Crippen LogP contribution in [0.3, 0.4) is 0 Å². The number of rotatable bonds is 4. The van der Waals surface area contributed by atoms with Crippen molar-refractivity contribution in [2.24, 2.45) is 0 Å². The van der Waals surface area contributed by atoms with E-state index < -0.39 is 0 Å². The van der Waals surface area contributed by atoms with Crippen LogP contribution in [0.1, 0.15) is 57.8 Å². The van der Waals surface area contributed by atoms with Crippen LogP contribution >= 0.6 is 0 Å². The van der Waals surface area contributed by atoms with Crippen molar-refractivity contribution in [3.63, 3.8) is 0 Å². The first kappa shape index (κ1) is 12.3. The Hall–Kier alpha value is -0.820. The second-order valence-electron chi connectivity index (χ2n) is 4.65. The van der Waals surface area contributed by atoms with Gasteiger partial charge in [0.2, 0.25) is 0 Å². The molecule has 0 radical (unpaired) electrons. The predicted octanol–water partition coefficient (Wildman–Crippen LogP) is 4.30. The predicted molar refractivity (Wildman–Crippen MR) is 65.2 cm³/mol. The molecule has 0 bridgehead atoms. The summed E-state index contributed by atoms with van der Waals surface area (Å²) in [5.74, 6) is 0.598. The van der Waals surface area contributed by atoms with Gasteiger partial charge < -0.3 is 4.74 Å². The summed E-state index contributed by atoms with van der Waals surface area (Å²) in [6.45, 7) is 10.7. The molecule has 0 saturated carbocycles. The van der Waals surface area contributed by atoms with E-state index in [1.807, 2.05) is 0 Å². The van der Waals surface area contributed by atoms with Crippen LogP contribution in [0, 0.1) is 0 Å². The van der Waals surface area contributed by atoms with E-state index in [1.54, 1.807) is 0 Å². The highest BCUT2D eigenvalue weighted by Gasteiger charge is 2.08. The highest BCUT2D eigenvalue weighted by Crippen LogP contribution is 2.21. The molecular formula is C14H22O. The SMILES string of the molecule is CC(C)O[C@@H](C)c1ccc(C(C)C)cc1. The normalized spacial score (nSPS) is 13.5. The second-order valence-corrected chi connectivity index (χ2v) is 4.65. The molecule has 0 N–H and O–H groups in total. The average molecular weight is 206 g/mol. The van der Waals surface area contributed by atoms with Gasteiger partial charge in [-0.1, -0.05) is 38.1 Å². The Labute approximate surface area is 93.5 Å².